The average molecular weight is 314 g/mol. The van der Waals surface area contributed by atoms with Gasteiger partial charge in [-0.25, -0.2) is 12.7 Å². The second-order valence-corrected chi connectivity index (χ2v) is 9.31. The SMILES string of the molecule is CCN(CCCN[C@@H]1C[C@H]2C[C@H]1[C@H]1CCC[C@H]21)S(C)(=O)=O. The summed E-state index contributed by atoms with van der Waals surface area (Å²) in [5, 5.41) is 3.74. The van der Waals surface area contributed by atoms with Crippen molar-refractivity contribution in [2.75, 3.05) is 25.9 Å². The van der Waals surface area contributed by atoms with Crippen LogP contribution in [0.1, 0.15) is 45.4 Å². The molecule has 3 fully saturated rings. The van der Waals surface area contributed by atoms with Crippen LogP contribution in [0.5, 0.6) is 0 Å². The highest BCUT2D eigenvalue weighted by Gasteiger charge is 2.53. The van der Waals surface area contributed by atoms with E-state index in [4.69, 9.17) is 0 Å². The predicted octanol–water partition coefficient (Wildman–Crippen LogP) is 2.07. The Morgan fingerprint density at radius 2 is 1.90 bits per heavy atom. The van der Waals surface area contributed by atoms with E-state index in [1.165, 1.54) is 38.4 Å². The van der Waals surface area contributed by atoms with Crippen molar-refractivity contribution in [3.63, 3.8) is 0 Å². The van der Waals surface area contributed by atoms with Crippen molar-refractivity contribution in [1.29, 1.82) is 0 Å². The van der Waals surface area contributed by atoms with Gasteiger partial charge in [0.05, 0.1) is 6.26 Å². The minimum atomic E-state index is -3.03. The molecule has 3 aliphatic rings. The Kier molecular flexibility index (Phi) is 4.63. The smallest absolute Gasteiger partial charge is 0.211 e. The monoisotopic (exact) mass is 314 g/mol. The molecule has 0 saturated heterocycles. The lowest BCUT2D eigenvalue weighted by Gasteiger charge is -2.32. The molecule has 0 aromatic heterocycles. The van der Waals surface area contributed by atoms with Gasteiger partial charge in [0.25, 0.3) is 0 Å². The van der Waals surface area contributed by atoms with Gasteiger partial charge in [-0.1, -0.05) is 13.3 Å². The molecule has 0 radical (unpaired) electrons. The lowest BCUT2D eigenvalue weighted by molar-refractivity contribution is 0.208. The maximum absolute atomic E-state index is 11.5. The fraction of sp³-hybridized carbons (Fsp3) is 1.00. The van der Waals surface area contributed by atoms with Gasteiger partial charge in [-0.15, -0.1) is 0 Å². The van der Waals surface area contributed by atoms with Crippen molar-refractivity contribution in [3.05, 3.63) is 0 Å². The van der Waals surface area contributed by atoms with Gasteiger partial charge in [-0.05, 0) is 62.3 Å². The molecule has 3 aliphatic carbocycles. The second kappa shape index (κ2) is 6.17. The van der Waals surface area contributed by atoms with Crippen molar-refractivity contribution in [3.8, 4) is 0 Å². The topological polar surface area (TPSA) is 49.4 Å². The molecule has 3 saturated carbocycles. The Hall–Kier alpha value is -0.130. The van der Waals surface area contributed by atoms with Crippen LogP contribution in [0.4, 0.5) is 0 Å². The highest BCUT2D eigenvalue weighted by Crippen LogP contribution is 2.58. The van der Waals surface area contributed by atoms with Crippen molar-refractivity contribution < 1.29 is 8.42 Å². The zero-order valence-corrected chi connectivity index (χ0v) is 14.2. The van der Waals surface area contributed by atoms with E-state index in [-0.39, 0.29) is 0 Å². The summed E-state index contributed by atoms with van der Waals surface area (Å²) < 4.78 is 24.7. The number of nitrogens with zero attached hydrogens (tertiary/aromatic N) is 1. The minimum absolute atomic E-state index is 0.580. The van der Waals surface area contributed by atoms with E-state index in [0.717, 1.165) is 36.6 Å². The van der Waals surface area contributed by atoms with Crippen LogP contribution in [0, 0.1) is 23.7 Å². The van der Waals surface area contributed by atoms with Crippen LogP contribution in [-0.4, -0.2) is 44.7 Å². The first-order chi connectivity index (χ1) is 10.0. The van der Waals surface area contributed by atoms with Gasteiger partial charge in [-0.2, -0.15) is 0 Å². The summed E-state index contributed by atoms with van der Waals surface area (Å²) in [5.41, 5.74) is 0. The van der Waals surface area contributed by atoms with Crippen LogP contribution in [-0.2, 0) is 10.0 Å². The summed E-state index contributed by atoms with van der Waals surface area (Å²) in [7, 11) is -3.03. The Balaban J connectivity index is 1.41. The summed E-state index contributed by atoms with van der Waals surface area (Å²) in [6, 6.07) is 0.711. The first kappa shape index (κ1) is 15.8. The third-order valence-electron chi connectivity index (χ3n) is 6.24. The number of sulfonamides is 1. The van der Waals surface area contributed by atoms with Crippen LogP contribution < -0.4 is 5.32 Å². The molecule has 0 spiro atoms. The average Bonchev–Trinajstić information content (AvgIpc) is 3.09. The normalized spacial score (nSPS) is 38.3. The highest BCUT2D eigenvalue weighted by atomic mass is 32.2. The van der Waals surface area contributed by atoms with Crippen LogP contribution in [0.25, 0.3) is 0 Å². The van der Waals surface area contributed by atoms with Crippen molar-refractivity contribution in [1.82, 2.24) is 9.62 Å². The zero-order chi connectivity index (χ0) is 15.0. The van der Waals surface area contributed by atoms with Gasteiger partial charge in [0.1, 0.15) is 0 Å². The first-order valence-electron chi connectivity index (χ1n) is 8.69. The molecule has 0 aromatic carbocycles. The van der Waals surface area contributed by atoms with Crippen molar-refractivity contribution in [2.24, 2.45) is 23.7 Å². The van der Waals surface area contributed by atoms with Gasteiger partial charge in [0.15, 0.2) is 0 Å². The van der Waals surface area contributed by atoms with Crippen LogP contribution in [0.2, 0.25) is 0 Å². The Bertz CT molecular complexity index is 465. The number of rotatable bonds is 7. The maximum atomic E-state index is 11.5. The number of hydrogen-bond acceptors (Lipinski definition) is 3. The van der Waals surface area contributed by atoms with E-state index in [0.29, 0.717) is 19.1 Å². The quantitative estimate of drug-likeness (QED) is 0.732. The number of fused-ring (bicyclic) bond motifs is 5. The maximum Gasteiger partial charge on any atom is 0.211 e. The van der Waals surface area contributed by atoms with Crippen molar-refractivity contribution in [2.45, 2.75) is 51.5 Å². The molecule has 5 atom stereocenters. The van der Waals surface area contributed by atoms with Gasteiger partial charge in [0.2, 0.25) is 10.0 Å². The third kappa shape index (κ3) is 3.15. The molecule has 0 aliphatic heterocycles. The number of nitrogens with one attached hydrogen (secondary N) is 1. The van der Waals surface area contributed by atoms with E-state index >= 15 is 0 Å². The summed E-state index contributed by atoms with van der Waals surface area (Å²) >= 11 is 0. The molecule has 0 heterocycles. The number of hydrogen-bond donors (Lipinski definition) is 1. The molecule has 0 amide bonds. The third-order valence-corrected chi connectivity index (χ3v) is 7.62. The van der Waals surface area contributed by atoms with E-state index < -0.39 is 10.0 Å². The lowest BCUT2D eigenvalue weighted by atomic mass is 9.79. The Labute approximate surface area is 129 Å². The molecule has 122 valence electrons. The fourth-order valence-electron chi connectivity index (χ4n) is 5.40. The van der Waals surface area contributed by atoms with Gasteiger partial charge in [0, 0.05) is 19.1 Å². The molecule has 5 heteroatoms. The molecule has 0 unspecified atom stereocenters. The molecule has 0 aromatic rings. The molecule has 1 N–H and O–H groups in total. The molecule has 2 bridgehead atoms. The highest BCUT2D eigenvalue weighted by molar-refractivity contribution is 7.88. The minimum Gasteiger partial charge on any atom is -0.314 e. The standard InChI is InChI=1S/C16H30N2O2S/c1-3-18(21(2,19)20)9-5-8-17-16-11-12-10-15(16)14-7-4-6-13(12)14/h12-17H,3-11H2,1-2H3/t12-,13-,14+,15+,16-/m1/s1. The van der Waals surface area contributed by atoms with Gasteiger partial charge in [-0.3, -0.25) is 0 Å². The Morgan fingerprint density at radius 1 is 1.14 bits per heavy atom. The molecular formula is C16H30N2O2S. The van der Waals surface area contributed by atoms with Crippen LogP contribution >= 0.6 is 0 Å². The molecular weight excluding hydrogens is 284 g/mol. The van der Waals surface area contributed by atoms with E-state index in [1.807, 2.05) is 6.92 Å². The van der Waals surface area contributed by atoms with Crippen LogP contribution in [0.3, 0.4) is 0 Å². The van der Waals surface area contributed by atoms with E-state index in [2.05, 4.69) is 5.32 Å². The second-order valence-electron chi connectivity index (χ2n) is 7.32. The van der Waals surface area contributed by atoms with Gasteiger partial charge < -0.3 is 5.32 Å². The van der Waals surface area contributed by atoms with E-state index in [1.54, 1.807) is 4.31 Å². The molecule has 3 rings (SSSR count). The lowest BCUT2D eigenvalue weighted by Crippen LogP contribution is -2.40. The summed E-state index contributed by atoms with van der Waals surface area (Å²) in [5.74, 6) is 3.96. The molecule has 4 nitrogen and oxygen atoms in total. The van der Waals surface area contributed by atoms with Gasteiger partial charge >= 0.3 is 0 Å². The first-order valence-corrected chi connectivity index (χ1v) is 10.5. The summed E-state index contributed by atoms with van der Waals surface area (Å²) in [4.78, 5) is 0. The fourth-order valence-corrected chi connectivity index (χ4v) is 6.33. The van der Waals surface area contributed by atoms with E-state index in [9.17, 15) is 8.42 Å². The summed E-state index contributed by atoms with van der Waals surface area (Å²) in [6.07, 6.45) is 9.45. The Morgan fingerprint density at radius 3 is 2.62 bits per heavy atom. The predicted molar refractivity (Wildman–Crippen MR) is 85.5 cm³/mol. The summed E-state index contributed by atoms with van der Waals surface area (Å²) in [6.45, 7) is 4.09. The zero-order valence-electron chi connectivity index (χ0n) is 13.4. The van der Waals surface area contributed by atoms with Crippen LogP contribution in [0.15, 0.2) is 0 Å². The largest absolute Gasteiger partial charge is 0.314 e. The molecule has 21 heavy (non-hydrogen) atoms. The van der Waals surface area contributed by atoms with Crippen molar-refractivity contribution >= 4 is 10.0 Å².